The van der Waals surface area contributed by atoms with Crippen LogP contribution in [0.1, 0.15) is 5.56 Å². The van der Waals surface area contributed by atoms with Crippen LogP contribution in [-0.2, 0) is 4.79 Å². The van der Waals surface area contributed by atoms with E-state index in [4.69, 9.17) is 16.3 Å². The monoisotopic (exact) mass is 313 g/mol. The number of halogens is 1. The predicted octanol–water partition coefficient (Wildman–Crippen LogP) is 4.56. The zero-order valence-electron chi connectivity index (χ0n) is 12.0. The number of carbonyl (C=O) groups is 1. The van der Waals surface area contributed by atoms with Crippen LogP contribution in [0.5, 0.6) is 5.75 Å². The molecule has 0 aliphatic rings. The number of amides is 1. The molecule has 4 heteroatoms. The molecule has 0 unspecified atom stereocenters. The Morgan fingerprint density at radius 2 is 2.05 bits per heavy atom. The summed E-state index contributed by atoms with van der Waals surface area (Å²) >= 11 is 6.03. The summed E-state index contributed by atoms with van der Waals surface area (Å²) in [4.78, 5) is 11.9. The van der Waals surface area contributed by atoms with Crippen LogP contribution in [-0.4, -0.2) is 12.5 Å². The molecule has 0 saturated carbocycles. The van der Waals surface area contributed by atoms with Crippen molar-refractivity contribution >= 4 is 29.3 Å². The lowest BCUT2D eigenvalue weighted by atomic mass is 10.2. The molecule has 0 saturated heterocycles. The summed E-state index contributed by atoms with van der Waals surface area (Å²) in [5.74, 6) is 0.438. The summed E-state index contributed by atoms with van der Waals surface area (Å²) in [6.07, 6.45) is 4.78. The van der Waals surface area contributed by atoms with Crippen molar-refractivity contribution in [1.82, 2.24) is 0 Å². The first-order valence-electron chi connectivity index (χ1n) is 6.76. The van der Waals surface area contributed by atoms with E-state index >= 15 is 0 Å². The second-order valence-electron chi connectivity index (χ2n) is 4.47. The van der Waals surface area contributed by atoms with Gasteiger partial charge in [-0.05, 0) is 29.8 Å². The fourth-order valence-corrected chi connectivity index (χ4v) is 1.98. The minimum absolute atomic E-state index is 0.235. The van der Waals surface area contributed by atoms with Gasteiger partial charge < -0.3 is 10.1 Å². The molecule has 0 radical (unpaired) electrons. The average molecular weight is 314 g/mol. The molecule has 2 rings (SSSR count). The number of rotatable bonds is 6. The molecular formula is C18H16ClNO2. The number of benzene rings is 2. The van der Waals surface area contributed by atoms with Crippen LogP contribution in [0.4, 0.5) is 5.69 Å². The highest BCUT2D eigenvalue weighted by atomic mass is 35.5. The largest absolute Gasteiger partial charge is 0.489 e. The maximum atomic E-state index is 11.9. The number of hydrogen-bond donors (Lipinski definition) is 1. The molecule has 1 N–H and O–H groups in total. The molecule has 0 aromatic heterocycles. The highest BCUT2D eigenvalue weighted by molar-refractivity contribution is 6.32. The molecule has 22 heavy (non-hydrogen) atoms. The van der Waals surface area contributed by atoms with Crippen LogP contribution in [0, 0.1) is 0 Å². The molecule has 0 aliphatic heterocycles. The van der Waals surface area contributed by atoms with Gasteiger partial charge in [-0.1, -0.05) is 48.5 Å². The summed E-state index contributed by atoms with van der Waals surface area (Å²) in [6, 6.07) is 14.5. The summed E-state index contributed by atoms with van der Waals surface area (Å²) in [7, 11) is 0. The van der Waals surface area contributed by atoms with Crippen molar-refractivity contribution < 1.29 is 9.53 Å². The van der Waals surface area contributed by atoms with E-state index in [1.807, 2.05) is 30.3 Å². The summed E-state index contributed by atoms with van der Waals surface area (Å²) < 4.78 is 5.42. The minimum atomic E-state index is -0.235. The van der Waals surface area contributed by atoms with Crippen LogP contribution in [0.2, 0.25) is 5.02 Å². The Labute approximate surface area is 134 Å². The fraction of sp³-hybridized carbons (Fsp3) is 0.0556. The normalized spacial score (nSPS) is 10.4. The third-order valence-electron chi connectivity index (χ3n) is 2.79. The average Bonchev–Trinajstić information content (AvgIpc) is 2.52. The Morgan fingerprint density at radius 1 is 1.23 bits per heavy atom. The van der Waals surface area contributed by atoms with Crippen molar-refractivity contribution in [1.29, 1.82) is 0 Å². The fourth-order valence-electron chi connectivity index (χ4n) is 1.78. The van der Waals surface area contributed by atoms with Crippen molar-refractivity contribution in [2.75, 3.05) is 11.9 Å². The molecule has 0 atom stereocenters. The molecule has 0 aliphatic carbocycles. The van der Waals surface area contributed by atoms with Gasteiger partial charge in [-0.2, -0.15) is 0 Å². The number of hydrogen-bond acceptors (Lipinski definition) is 2. The zero-order valence-corrected chi connectivity index (χ0v) is 12.7. The standard InChI is InChI=1S/C18H16ClNO2/c1-2-12-22-16-8-5-7-15(13-16)20-18(21)11-10-14-6-3-4-9-17(14)19/h2-11,13H,1,12H2,(H,20,21)/b11-10+. The third kappa shape index (κ3) is 4.79. The van der Waals surface area contributed by atoms with Crippen molar-refractivity contribution in [2.24, 2.45) is 0 Å². The van der Waals surface area contributed by atoms with Crippen LogP contribution < -0.4 is 10.1 Å². The van der Waals surface area contributed by atoms with Gasteiger partial charge in [-0.15, -0.1) is 0 Å². The Kier molecular flexibility index (Phi) is 5.81. The Hall–Kier alpha value is -2.52. The van der Waals surface area contributed by atoms with Crippen LogP contribution >= 0.6 is 11.6 Å². The van der Waals surface area contributed by atoms with Gasteiger partial charge in [-0.25, -0.2) is 0 Å². The lowest BCUT2D eigenvalue weighted by Gasteiger charge is -2.06. The van der Waals surface area contributed by atoms with Gasteiger partial charge in [-0.3, -0.25) is 4.79 Å². The quantitative estimate of drug-likeness (QED) is 0.627. The first kappa shape index (κ1) is 15.9. The van der Waals surface area contributed by atoms with Crippen molar-refractivity contribution in [3.05, 3.63) is 77.8 Å². The minimum Gasteiger partial charge on any atom is -0.489 e. The van der Waals surface area contributed by atoms with Crippen LogP contribution in [0.25, 0.3) is 6.08 Å². The van der Waals surface area contributed by atoms with E-state index < -0.39 is 0 Å². The lowest BCUT2D eigenvalue weighted by Crippen LogP contribution is -2.07. The first-order chi connectivity index (χ1) is 10.7. The summed E-state index contributed by atoms with van der Waals surface area (Å²) in [6.45, 7) is 4.01. The molecule has 3 nitrogen and oxygen atoms in total. The van der Waals surface area contributed by atoms with Crippen molar-refractivity contribution in [3.8, 4) is 5.75 Å². The SMILES string of the molecule is C=CCOc1cccc(NC(=O)/C=C/c2ccccc2Cl)c1. The molecule has 0 heterocycles. The lowest BCUT2D eigenvalue weighted by molar-refractivity contribution is -0.111. The predicted molar refractivity (Wildman–Crippen MR) is 91.2 cm³/mol. The van der Waals surface area contributed by atoms with Gasteiger partial charge in [0.05, 0.1) is 0 Å². The highest BCUT2D eigenvalue weighted by Gasteiger charge is 2.01. The molecule has 0 bridgehead atoms. The molecule has 0 spiro atoms. The smallest absolute Gasteiger partial charge is 0.248 e. The van der Waals surface area contributed by atoms with Gasteiger partial charge in [0, 0.05) is 22.9 Å². The van der Waals surface area contributed by atoms with E-state index in [1.54, 1.807) is 30.4 Å². The highest BCUT2D eigenvalue weighted by Crippen LogP contribution is 2.18. The summed E-state index contributed by atoms with van der Waals surface area (Å²) in [5.41, 5.74) is 1.46. The maximum Gasteiger partial charge on any atom is 0.248 e. The first-order valence-corrected chi connectivity index (χ1v) is 7.14. The van der Waals surface area contributed by atoms with E-state index in [1.165, 1.54) is 6.08 Å². The molecular weight excluding hydrogens is 298 g/mol. The van der Waals surface area contributed by atoms with Crippen LogP contribution in [0.3, 0.4) is 0 Å². The van der Waals surface area contributed by atoms with Gasteiger partial charge in [0.1, 0.15) is 12.4 Å². The molecule has 112 valence electrons. The number of carbonyl (C=O) groups excluding carboxylic acids is 1. The van der Waals surface area contributed by atoms with E-state index in [2.05, 4.69) is 11.9 Å². The number of ether oxygens (including phenoxy) is 1. The Balaban J connectivity index is 2.00. The van der Waals surface area contributed by atoms with E-state index in [0.717, 1.165) is 5.56 Å². The number of nitrogens with one attached hydrogen (secondary N) is 1. The number of anilines is 1. The van der Waals surface area contributed by atoms with Crippen molar-refractivity contribution in [2.45, 2.75) is 0 Å². The van der Waals surface area contributed by atoms with Crippen molar-refractivity contribution in [3.63, 3.8) is 0 Å². The van der Waals surface area contributed by atoms with Gasteiger partial charge in [0.25, 0.3) is 0 Å². The second-order valence-corrected chi connectivity index (χ2v) is 4.88. The Bertz CT molecular complexity index is 695. The molecule has 1 amide bonds. The topological polar surface area (TPSA) is 38.3 Å². The molecule has 2 aromatic carbocycles. The van der Waals surface area contributed by atoms with E-state index in [-0.39, 0.29) is 5.91 Å². The molecule has 0 fully saturated rings. The van der Waals surface area contributed by atoms with Gasteiger partial charge in [0.2, 0.25) is 5.91 Å². The third-order valence-corrected chi connectivity index (χ3v) is 3.13. The Morgan fingerprint density at radius 3 is 2.82 bits per heavy atom. The summed E-state index contributed by atoms with van der Waals surface area (Å²) in [5, 5.41) is 3.38. The van der Waals surface area contributed by atoms with Gasteiger partial charge >= 0.3 is 0 Å². The van der Waals surface area contributed by atoms with E-state index in [0.29, 0.717) is 23.1 Å². The van der Waals surface area contributed by atoms with Crippen LogP contribution in [0.15, 0.2) is 67.3 Å². The maximum absolute atomic E-state index is 11.9. The van der Waals surface area contributed by atoms with Gasteiger partial charge in [0.15, 0.2) is 0 Å². The van der Waals surface area contributed by atoms with E-state index in [9.17, 15) is 4.79 Å². The zero-order chi connectivity index (χ0) is 15.8. The molecule has 2 aromatic rings. The second kappa shape index (κ2) is 8.05.